The lowest BCUT2D eigenvalue weighted by atomic mass is 10.1. The number of ether oxygens (including phenoxy) is 2. The van der Waals surface area contributed by atoms with Crippen molar-refractivity contribution in [1.82, 2.24) is 0 Å². The number of hydrogen-bond acceptors (Lipinski definition) is 5. The second-order valence-electron chi connectivity index (χ2n) is 5.90. The first kappa shape index (κ1) is 20.0. The normalized spacial score (nSPS) is 11.2. The van der Waals surface area contributed by atoms with Gasteiger partial charge in [-0.2, -0.15) is 0 Å². The highest BCUT2D eigenvalue weighted by Crippen LogP contribution is 2.16. The minimum absolute atomic E-state index is 0.0283. The van der Waals surface area contributed by atoms with E-state index in [-0.39, 0.29) is 12.3 Å². The second kappa shape index (κ2) is 9.38. The molecule has 0 aliphatic carbocycles. The average Bonchev–Trinajstić information content (AvgIpc) is 2.63. The zero-order valence-corrected chi connectivity index (χ0v) is 15.4. The standard InChI is InChI=1S/C20H22N2O5/c1-13(20(25)22-17-8-10-18(26-3)11-9-17)27-19(24)12-15-4-6-16(7-5-15)21-14(2)23/h4-11,13H,12H2,1-3H3,(H,21,23)(H,22,25). The number of rotatable bonds is 7. The Morgan fingerprint density at radius 2 is 1.48 bits per heavy atom. The number of anilines is 2. The van der Waals surface area contributed by atoms with Crippen molar-refractivity contribution in [3.63, 3.8) is 0 Å². The Hall–Kier alpha value is -3.35. The van der Waals surface area contributed by atoms with E-state index in [1.165, 1.54) is 13.8 Å². The van der Waals surface area contributed by atoms with Crippen molar-refractivity contribution in [2.24, 2.45) is 0 Å². The Morgan fingerprint density at radius 1 is 0.926 bits per heavy atom. The first-order valence-electron chi connectivity index (χ1n) is 8.38. The van der Waals surface area contributed by atoms with Gasteiger partial charge in [-0.1, -0.05) is 12.1 Å². The maximum atomic E-state index is 12.1. The monoisotopic (exact) mass is 370 g/mol. The molecule has 1 atom stereocenters. The van der Waals surface area contributed by atoms with E-state index in [9.17, 15) is 14.4 Å². The van der Waals surface area contributed by atoms with Crippen molar-refractivity contribution >= 4 is 29.2 Å². The van der Waals surface area contributed by atoms with E-state index >= 15 is 0 Å². The Labute approximate surface area is 157 Å². The van der Waals surface area contributed by atoms with E-state index < -0.39 is 18.0 Å². The third-order valence-corrected chi connectivity index (χ3v) is 3.66. The first-order valence-corrected chi connectivity index (χ1v) is 8.38. The molecule has 2 amide bonds. The fourth-order valence-corrected chi connectivity index (χ4v) is 2.29. The number of carbonyl (C=O) groups is 3. The van der Waals surface area contributed by atoms with Crippen molar-refractivity contribution < 1.29 is 23.9 Å². The molecule has 2 aromatic rings. The van der Waals surface area contributed by atoms with Crippen molar-refractivity contribution in [2.75, 3.05) is 17.7 Å². The van der Waals surface area contributed by atoms with Crippen LogP contribution in [0.4, 0.5) is 11.4 Å². The molecular formula is C20H22N2O5. The summed E-state index contributed by atoms with van der Waals surface area (Å²) in [5, 5.41) is 5.32. The van der Waals surface area contributed by atoms with Crippen molar-refractivity contribution in [1.29, 1.82) is 0 Å². The highest BCUT2D eigenvalue weighted by Gasteiger charge is 2.18. The molecule has 142 valence electrons. The Balaban J connectivity index is 1.84. The Kier molecular flexibility index (Phi) is 6.93. The van der Waals surface area contributed by atoms with E-state index in [1.54, 1.807) is 55.6 Å². The minimum atomic E-state index is -0.932. The van der Waals surface area contributed by atoms with E-state index in [1.807, 2.05) is 0 Å². The molecule has 27 heavy (non-hydrogen) atoms. The number of amides is 2. The Bertz CT molecular complexity index is 800. The number of methoxy groups -OCH3 is 1. The van der Waals surface area contributed by atoms with Gasteiger partial charge < -0.3 is 20.1 Å². The zero-order valence-electron chi connectivity index (χ0n) is 15.4. The Morgan fingerprint density at radius 3 is 2.04 bits per heavy atom. The maximum Gasteiger partial charge on any atom is 0.311 e. The van der Waals surface area contributed by atoms with Crippen LogP contribution in [0.1, 0.15) is 19.4 Å². The van der Waals surface area contributed by atoms with Crippen molar-refractivity contribution in [3.8, 4) is 5.75 Å². The quantitative estimate of drug-likeness (QED) is 0.731. The fraction of sp³-hybridized carbons (Fsp3) is 0.250. The van der Waals surface area contributed by atoms with Crippen LogP contribution in [0.15, 0.2) is 48.5 Å². The molecule has 0 bridgehead atoms. The van der Waals surface area contributed by atoms with Gasteiger partial charge in [0, 0.05) is 18.3 Å². The topological polar surface area (TPSA) is 93.7 Å². The predicted octanol–water partition coefficient (Wildman–Crippen LogP) is 2.77. The molecule has 0 heterocycles. The van der Waals surface area contributed by atoms with Crippen molar-refractivity contribution in [2.45, 2.75) is 26.4 Å². The highest BCUT2D eigenvalue weighted by atomic mass is 16.5. The van der Waals surface area contributed by atoms with Gasteiger partial charge in [0.1, 0.15) is 5.75 Å². The van der Waals surface area contributed by atoms with Crippen LogP contribution in [0.25, 0.3) is 0 Å². The summed E-state index contributed by atoms with van der Waals surface area (Å²) >= 11 is 0. The first-order chi connectivity index (χ1) is 12.9. The maximum absolute atomic E-state index is 12.1. The molecule has 7 heteroatoms. The van der Waals surface area contributed by atoms with E-state index in [0.29, 0.717) is 17.1 Å². The molecule has 7 nitrogen and oxygen atoms in total. The van der Waals surface area contributed by atoms with Gasteiger partial charge in [-0.25, -0.2) is 0 Å². The van der Waals surface area contributed by atoms with Crippen LogP contribution < -0.4 is 15.4 Å². The van der Waals surface area contributed by atoms with Crippen LogP contribution in [-0.2, 0) is 25.5 Å². The largest absolute Gasteiger partial charge is 0.497 e. The molecule has 0 radical (unpaired) electrons. The highest BCUT2D eigenvalue weighted by molar-refractivity contribution is 5.95. The molecule has 0 fully saturated rings. The lowest BCUT2D eigenvalue weighted by Gasteiger charge is -2.14. The molecule has 1 unspecified atom stereocenters. The zero-order chi connectivity index (χ0) is 19.8. The molecule has 0 saturated carbocycles. The summed E-state index contributed by atoms with van der Waals surface area (Å²) < 4.78 is 10.2. The average molecular weight is 370 g/mol. The summed E-state index contributed by atoms with van der Waals surface area (Å²) in [5.74, 6) is -0.426. The second-order valence-corrected chi connectivity index (χ2v) is 5.90. The number of hydrogen-bond donors (Lipinski definition) is 2. The summed E-state index contributed by atoms with van der Waals surface area (Å²) in [5.41, 5.74) is 1.95. The summed E-state index contributed by atoms with van der Waals surface area (Å²) in [4.78, 5) is 35.2. The van der Waals surface area contributed by atoms with Crippen LogP contribution in [0.2, 0.25) is 0 Å². The predicted molar refractivity (Wildman–Crippen MR) is 102 cm³/mol. The number of carbonyl (C=O) groups excluding carboxylic acids is 3. The number of esters is 1. The van der Waals surface area contributed by atoms with Crippen LogP contribution in [0.5, 0.6) is 5.75 Å². The summed E-state index contributed by atoms with van der Waals surface area (Å²) in [6, 6.07) is 13.7. The molecule has 2 N–H and O–H groups in total. The van der Waals surface area contributed by atoms with Gasteiger partial charge in [0.2, 0.25) is 5.91 Å². The fourth-order valence-electron chi connectivity index (χ4n) is 2.29. The third-order valence-electron chi connectivity index (χ3n) is 3.66. The van der Waals surface area contributed by atoms with Gasteiger partial charge in [-0.05, 0) is 48.9 Å². The minimum Gasteiger partial charge on any atom is -0.497 e. The lowest BCUT2D eigenvalue weighted by Crippen LogP contribution is -2.30. The van der Waals surface area contributed by atoms with Crippen LogP contribution in [0.3, 0.4) is 0 Å². The van der Waals surface area contributed by atoms with Crippen molar-refractivity contribution in [3.05, 3.63) is 54.1 Å². The smallest absolute Gasteiger partial charge is 0.311 e. The van der Waals surface area contributed by atoms with Gasteiger partial charge in [0.15, 0.2) is 6.10 Å². The van der Waals surface area contributed by atoms with E-state index in [0.717, 1.165) is 5.56 Å². The SMILES string of the molecule is COc1ccc(NC(=O)C(C)OC(=O)Cc2ccc(NC(C)=O)cc2)cc1. The van der Waals surface area contributed by atoms with Gasteiger partial charge in [-0.3, -0.25) is 14.4 Å². The van der Waals surface area contributed by atoms with Gasteiger partial charge in [0.05, 0.1) is 13.5 Å². The molecular weight excluding hydrogens is 348 g/mol. The van der Waals surface area contributed by atoms with Gasteiger partial charge in [-0.15, -0.1) is 0 Å². The van der Waals surface area contributed by atoms with Crippen LogP contribution >= 0.6 is 0 Å². The molecule has 0 aliphatic rings. The van der Waals surface area contributed by atoms with E-state index in [2.05, 4.69) is 10.6 Å². The molecule has 0 spiro atoms. The molecule has 0 aliphatic heterocycles. The molecule has 2 aromatic carbocycles. The summed E-state index contributed by atoms with van der Waals surface area (Å²) in [6.45, 7) is 2.93. The van der Waals surface area contributed by atoms with Gasteiger partial charge >= 0.3 is 5.97 Å². The van der Waals surface area contributed by atoms with Crippen LogP contribution in [0, 0.1) is 0 Å². The number of benzene rings is 2. The van der Waals surface area contributed by atoms with Crippen LogP contribution in [-0.4, -0.2) is 31.0 Å². The van der Waals surface area contributed by atoms with E-state index in [4.69, 9.17) is 9.47 Å². The summed E-state index contributed by atoms with van der Waals surface area (Å²) in [6.07, 6.45) is -0.904. The van der Waals surface area contributed by atoms with Gasteiger partial charge in [0.25, 0.3) is 5.91 Å². The molecule has 2 rings (SSSR count). The third kappa shape index (κ3) is 6.47. The summed E-state index contributed by atoms with van der Waals surface area (Å²) in [7, 11) is 1.56. The number of nitrogens with one attached hydrogen (secondary N) is 2. The lowest BCUT2D eigenvalue weighted by molar-refractivity contribution is -0.152. The molecule has 0 aromatic heterocycles. The molecule has 0 saturated heterocycles.